The van der Waals surface area contributed by atoms with E-state index in [9.17, 15) is 19.5 Å². The van der Waals surface area contributed by atoms with Crippen molar-refractivity contribution in [1.29, 1.82) is 0 Å². The number of rotatable bonds is 53. The van der Waals surface area contributed by atoms with Gasteiger partial charge in [0.25, 0.3) is 6.29 Å². The number of likely N-dealkylation sites (N-methyl/N-ethyl adjacent to an activating group) is 1. The molecule has 0 rings (SSSR count). The molecule has 0 aromatic carbocycles. The smallest absolute Gasteiger partial charge is 0.361 e. The minimum Gasteiger partial charge on any atom is -0.477 e. The summed E-state index contributed by atoms with van der Waals surface area (Å²) in [7, 11) is 5.95. The normalized spacial score (nSPS) is 13.8. The third kappa shape index (κ3) is 57.1. The van der Waals surface area contributed by atoms with Crippen molar-refractivity contribution in [1.82, 2.24) is 0 Å². The molecule has 0 aliphatic rings. The number of quaternary nitrogens is 1. The van der Waals surface area contributed by atoms with Crippen molar-refractivity contribution >= 4 is 17.9 Å². The quantitative estimate of drug-likeness (QED) is 0.0211. The van der Waals surface area contributed by atoms with E-state index < -0.39 is 24.3 Å². The van der Waals surface area contributed by atoms with Gasteiger partial charge in [-0.25, -0.2) is 4.79 Å². The van der Waals surface area contributed by atoms with Gasteiger partial charge in [-0.3, -0.25) is 9.59 Å². The van der Waals surface area contributed by atoms with Crippen LogP contribution < -0.4 is 0 Å². The zero-order chi connectivity index (χ0) is 55.5. The van der Waals surface area contributed by atoms with Crippen LogP contribution in [-0.2, 0) is 33.3 Å². The molecule has 0 radical (unpaired) electrons. The predicted octanol–water partition coefficient (Wildman–Crippen LogP) is 17.8. The zero-order valence-corrected chi connectivity index (χ0v) is 48.9. The number of unbranched alkanes of at least 4 members (excludes halogenated alkanes) is 16. The summed E-state index contributed by atoms with van der Waals surface area (Å²) in [6.45, 7) is 4.71. The first-order valence-corrected chi connectivity index (χ1v) is 29.8. The van der Waals surface area contributed by atoms with Crippen LogP contribution in [0.5, 0.6) is 0 Å². The van der Waals surface area contributed by atoms with Crippen LogP contribution in [0.3, 0.4) is 0 Å². The minimum atomic E-state index is -1.52. The average molecular weight is 1060 g/mol. The van der Waals surface area contributed by atoms with Gasteiger partial charge >= 0.3 is 17.9 Å². The molecule has 9 nitrogen and oxygen atoms in total. The standard InChI is InChI=1S/C67H109NO8/c1-6-8-10-12-14-16-18-20-21-22-23-24-25-26-27-28-29-30-31-32-33-34-35-36-37-38-39-40-41-42-43-44-45-46-48-50-52-54-56-58-65(70)76-63(62-75-67(66(71)72)73-60-59-68(3,4)5)61-74-64(69)57-55-53-51-49-47-19-17-15-13-11-9-7-2/h8,10,14,16,20-21,23-24,26-27,29-30,32-33,35-36,38-39,41-42,44-45,63,67H,6-7,9,11-13,15,17-19,22,25,28,31,34,37,40,43,46-62H2,1-5H3/p+1/b10-8-,16-14-,21-20-,24-23-,27-26-,30-29-,33-32-,36-35-,39-38-,42-41-,45-44-. The van der Waals surface area contributed by atoms with E-state index in [4.69, 9.17) is 18.9 Å². The maximum atomic E-state index is 12.9. The SMILES string of the molecule is CC/C=C\C/C=C\C/C=C\C/C=C\C/C=C\C/C=C\C/C=C\C/C=C\C/C=C\C/C=C\C/C=C\CCCCCCCC(=O)OC(COC(=O)CCCCCCCCCCCCCC)COC(OCC[N+](C)(C)C)C(=O)O. The maximum absolute atomic E-state index is 12.9. The number of carboxylic acids is 1. The van der Waals surface area contributed by atoms with Gasteiger partial charge in [0.1, 0.15) is 13.2 Å². The summed E-state index contributed by atoms with van der Waals surface area (Å²) in [5, 5.41) is 9.68. The molecule has 76 heavy (non-hydrogen) atoms. The van der Waals surface area contributed by atoms with Crippen molar-refractivity contribution in [3.8, 4) is 0 Å². The molecule has 0 saturated carbocycles. The van der Waals surface area contributed by atoms with E-state index in [-0.39, 0.29) is 32.2 Å². The molecule has 0 aliphatic heterocycles. The molecule has 2 unspecified atom stereocenters. The lowest BCUT2D eigenvalue weighted by Gasteiger charge is -2.25. The fourth-order valence-corrected chi connectivity index (χ4v) is 7.60. The monoisotopic (exact) mass is 1060 g/mol. The number of ether oxygens (including phenoxy) is 4. The molecule has 0 aromatic heterocycles. The van der Waals surface area contributed by atoms with Crippen molar-refractivity contribution < 1.29 is 42.9 Å². The van der Waals surface area contributed by atoms with Gasteiger partial charge in [0, 0.05) is 12.8 Å². The lowest BCUT2D eigenvalue weighted by molar-refractivity contribution is -0.870. The van der Waals surface area contributed by atoms with Crippen LogP contribution in [0.4, 0.5) is 0 Å². The van der Waals surface area contributed by atoms with E-state index in [0.717, 1.165) is 122 Å². The number of aliphatic carboxylic acids is 1. The number of esters is 2. The number of carbonyl (C=O) groups excluding carboxylic acids is 2. The molecule has 430 valence electrons. The lowest BCUT2D eigenvalue weighted by atomic mass is 10.0. The lowest BCUT2D eigenvalue weighted by Crippen LogP contribution is -2.40. The van der Waals surface area contributed by atoms with Crippen LogP contribution in [0.15, 0.2) is 134 Å². The largest absolute Gasteiger partial charge is 0.477 e. The van der Waals surface area contributed by atoms with Crippen molar-refractivity contribution in [2.24, 2.45) is 0 Å². The number of hydrogen-bond acceptors (Lipinski definition) is 7. The maximum Gasteiger partial charge on any atom is 0.361 e. The number of allylic oxidation sites excluding steroid dienone is 22. The molecule has 0 heterocycles. The summed E-state index contributed by atoms with van der Waals surface area (Å²) >= 11 is 0. The Kier molecular flexibility index (Phi) is 53.2. The van der Waals surface area contributed by atoms with Gasteiger partial charge < -0.3 is 28.5 Å². The van der Waals surface area contributed by atoms with Crippen LogP contribution in [0.25, 0.3) is 0 Å². The Morgan fingerprint density at radius 3 is 1.12 bits per heavy atom. The number of carboxylic acid groups (broad SMARTS) is 1. The van der Waals surface area contributed by atoms with E-state index in [2.05, 4.69) is 148 Å². The highest BCUT2D eigenvalue weighted by atomic mass is 16.7. The second kappa shape index (κ2) is 56.6. The highest BCUT2D eigenvalue weighted by molar-refractivity contribution is 5.71. The minimum absolute atomic E-state index is 0.178. The Labute approximate surface area is 465 Å². The van der Waals surface area contributed by atoms with Gasteiger partial charge in [-0.05, 0) is 96.3 Å². The summed E-state index contributed by atoms with van der Waals surface area (Å²) in [5.74, 6) is -2.04. The second-order valence-corrected chi connectivity index (χ2v) is 20.6. The molecule has 0 fully saturated rings. The molecule has 0 bridgehead atoms. The van der Waals surface area contributed by atoms with E-state index in [1.54, 1.807) is 0 Å². The van der Waals surface area contributed by atoms with Crippen molar-refractivity contribution in [3.05, 3.63) is 134 Å². The molecule has 0 amide bonds. The number of carbonyl (C=O) groups is 3. The fraction of sp³-hybridized carbons (Fsp3) is 0.627. The molecule has 2 atom stereocenters. The van der Waals surface area contributed by atoms with Gasteiger partial charge in [-0.1, -0.05) is 237 Å². The van der Waals surface area contributed by atoms with Crippen LogP contribution in [0, 0.1) is 0 Å². The van der Waals surface area contributed by atoms with E-state index in [1.165, 1.54) is 57.8 Å². The van der Waals surface area contributed by atoms with Gasteiger partial charge in [0.15, 0.2) is 6.10 Å². The summed E-state index contributed by atoms with van der Waals surface area (Å²) in [5.41, 5.74) is 0. The van der Waals surface area contributed by atoms with E-state index in [1.807, 2.05) is 21.1 Å². The predicted molar refractivity (Wildman–Crippen MR) is 322 cm³/mol. The first-order chi connectivity index (χ1) is 37.1. The van der Waals surface area contributed by atoms with Crippen LogP contribution in [0.2, 0.25) is 0 Å². The van der Waals surface area contributed by atoms with Crippen molar-refractivity contribution in [2.45, 2.75) is 225 Å². The Morgan fingerprint density at radius 1 is 0.408 bits per heavy atom. The van der Waals surface area contributed by atoms with E-state index >= 15 is 0 Å². The topological polar surface area (TPSA) is 108 Å². The van der Waals surface area contributed by atoms with Gasteiger partial charge in [0.2, 0.25) is 0 Å². The first kappa shape index (κ1) is 71.4. The van der Waals surface area contributed by atoms with Gasteiger partial charge in [-0.2, -0.15) is 0 Å². The highest BCUT2D eigenvalue weighted by Gasteiger charge is 2.25. The molecular weight excluding hydrogens is 947 g/mol. The summed E-state index contributed by atoms with van der Waals surface area (Å²) in [6, 6.07) is 0. The Morgan fingerprint density at radius 2 is 0.750 bits per heavy atom. The van der Waals surface area contributed by atoms with Crippen molar-refractivity contribution in [3.63, 3.8) is 0 Å². The summed E-state index contributed by atoms with van der Waals surface area (Å²) < 4.78 is 22.8. The second-order valence-electron chi connectivity index (χ2n) is 20.6. The zero-order valence-electron chi connectivity index (χ0n) is 48.9. The average Bonchev–Trinajstić information content (AvgIpc) is 3.39. The number of hydrogen-bond donors (Lipinski definition) is 1. The molecule has 0 saturated heterocycles. The summed E-state index contributed by atoms with van der Waals surface area (Å²) in [6.07, 6.45) is 78.3. The van der Waals surface area contributed by atoms with Crippen LogP contribution in [0.1, 0.15) is 213 Å². The fourth-order valence-electron chi connectivity index (χ4n) is 7.60. The van der Waals surface area contributed by atoms with Crippen LogP contribution in [-0.4, -0.2) is 87.4 Å². The molecule has 1 N–H and O–H groups in total. The summed E-state index contributed by atoms with van der Waals surface area (Å²) in [4.78, 5) is 37.3. The van der Waals surface area contributed by atoms with Gasteiger partial charge in [-0.15, -0.1) is 0 Å². The molecular formula is C67H110NO8+. The Balaban J connectivity index is 4.22. The Hall–Kier alpha value is -4.57. The highest BCUT2D eigenvalue weighted by Crippen LogP contribution is 2.14. The third-order valence-corrected chi connectivity index (χ3v) is 12.2. The van der Waals surface area contributed by atoms with E-state index in [0.29, 0.717) is 23.9 Å². The first-order valence-electron chi connectivity index (χ1n) is 29.8. The third-order valence-electron chi connectivity index (χ3n) is 12.2. The molecule has 0 aliphatic carbocycles. The molecule has 9 heteroatoms. The van der Waals surface area contributed by atoms with Crippen molar-refractivity contribution in [2.75, 3.05) is 47.5 Å². The Bertz CT molecular complexity index is 1700. The molecule has 0 spiro atoms. The van der Waals surface area contributed by atoms with Crippen LogP contribution >= 0.6 is 0 Å². The number of nitrogens with zero attached hydrogens (tertiary/aromatic N) is 1. The van der Waals surface area contributed by atoms with Gasteiger partial charge in [0.05, 0.1) is 34.4 Å². The molecule has 0 aromatic rings.